The van der Waals surface area contributed by atoms with E-state index >= 15 is 0 Å². The van der Waals surface area contributed by atoms with Gasteiger partial charge in [0.15, 0.2) is 5.13 Å². The van der Waals surface area contributed by atoms with Gasteiger partial charge in [0.2, 0.25) is 0 Å². The molecule has 1 fully saturated rings. The van der Waals surface area contributed by atoms with E-state index in [1.54, 1.807) is 4.90 Å². The zero-order valence-corrected chi connectivity index (χ0v) is 17.6. The van der Waals surface area contributed by atoms with Crippen molar-refractivity contribution in [3.63, 3.8) is 0 Å². The molecule has 0 spiro atoms. The van der Waals surface area contributed by atoms with E-state index in [-0.39, 0.29) is 16.5 Å². The van der Waals surface area contributed by atoms with Gasteiger partial charge in [0.25, 0.3) is 5.91 Å². The largest absolute Gasteiger partial charge is 0.379 e. The van der Waals surface area contributed by atoms with Crippen LogP contribution < -0.4 is 4.90 Å². The number of anilines is 1. The van der Waals surface area contributed by atoms with Gasteiger partial charge in [-0.25, -0.2) is 9.37 Å². The Morgan fingerprint density at radius 1 is 1.28 bits per heavy atom. The van der Waals surface area contributed by atoms with Crippen molar-refractivity contribution in [2.45, 2.75) is 6.92 Å². The Morgan fingerprint density at radius 3 is 2.83 bits per heavy atom. The molecule has 1 saturated heterocycles. The summed E-state index contributed by atoms with van der Waals surface area (Å²) in [5.74, 6) is -0.749. The van der Waals surface area contributed by atoms with Crippen LogP contribution in [0, 0.1) is 12.7 Å². The fraction of sp³-hybridized carbons (Fsp3) is 0.333. The summed E-state index contributed by atoms with van der Waals surface area (Å²) in [4.78, 5) is 21.9. The number of ether oxygens (including phenoxy) is 1. The lowest BCUT2D eigenvalue weighted by Crippen LogP contribution is -2.43. The first kappa shape index (κ1) is 20.2. The van der Waals surface area contributed by atoms with Crippen LogP contribution in [0.2, 0.25) is 5.02 Å². The van der Waals surface area contributed by atoms with Crippen LogP contribution in [-0.2, 0) is 4.74 Å². The number of carbonyl (C=O) groups excluding carboxylic acids is 1. The van der Waals surface area contributed by atoms with Crippen LogP contribution in [0.4, 0.5) is 9.52 Å². The molecule has 3 aromatic rings. The van der Waals surface area contributed by atoms with Crippen LogP contribution >= 0.6 is 22.9 Å². The molecule has 5 nitrogen and oxygen atoms in total. The number of morpholine rings is 1. The van der Waals surface area contributed by atoms with Gasteiger partial charge in [-0.3, -0.25) is 14.6 Å². The highest BCUT2D eigenvalue weighted by atomic mass is 35.5. The maximum absolute atomic E-state index is 13.5. The van der Waals surface area contributed by atoms with Gasteiger partial charge in [-0.15, -0.1) is 0 Å². The Balaban J connectivity index is 1.66. The van der Waals surface area contributed by atoms with Crippen molar-refractivity contribution in [3.05, 3.63) is 58.4 Å². The highest BCUT2D eigenvalue weighted by Gasteiger charge is 2.24. The van der Waals surface area contributed by atoms with E-state index in [9.17, 15) is 9.18 Å². The molecule has 2 aromatic carbocycles. The zero-order valence-electron chi connectivity index (χ0n) is 16.0. The van der Waals surface area contributed by atoms with Crippen molar-refractivity contribution < 1.29 is 13.9 Å². The number of aromatic nitrogens is 1. The van der Waals surface area contributed by atoms with Crippen molar-refractivity contribution in [2.75, 3.05) is 44.3 Å². The maximum Gasteiger partial charge on any atom is 0.261 e. The second kappa shape index (κ2) is 8.75. The van der Waals surface area contributed by atoms with Gasteiger partial charge in [0.05, 0.1) is 34.0 Å². The van der Waals surface area contributed by atoms with E-state index in [0.717, 1.165) is 34.9 Å². The number of aryl methyl sites for hydroxylation is 1. The van der Waals surface area contributed by atoms with E-state index in [1.807, 2.05) is 19.1 Å². The third-order valence-electron chi connectivity index (χ3n) is 4.91. The zero-order chi connectivity index (χ0) is 20.4. The number of hydrogen-bond acceptors (Lipinski definition) is 5. The summed E-state index contributed by atoms with van der Waals surface area (Å²) in [7, 11) is 0. The maximum atomic E-state index is 13.5. The van der Waals surface area contributed by atoms with E-state index in [4.69, 9.17) is 16.3 Å². The number of hydrogen-bond donors (Lipinski definition) is 0. The number of benzene rings is 2. The second-order valence-corrected chi connectivity index (χ2v) is 8.42. The molecule has 29 heavy (non-hydrogen) atoms. The Kier molecular flexibility index (Phi) is 6.10. The Hall–Kier alpha value is -2.06. The first-order valence-corrected chi connectivity index (χ1v) is 10.6. The quantitative estimate of drug-likeness (QED) is 0.599. The number of thiazole rings is 1. The van der Waals surface area contributed by atoms with Gasteiger partial charge in [-0.05, 0) is 42.8 Å². The highest BCUT2D eigenvalue weighted by Crippen LogP contribution is 2.31. The van der Waals surface area contributed by atoms with Crippen molar-refractivity contribution >= 4 is 44.2 Å². The Bertz CT molecular complexity index is 1040. The first-order chi connectivity index (χ1) is 14.0. The third kappa shape index (κ3) is 4.59. The van der Waals surface area contributed by atoms with Crippen LogP contribution in [0.5, 0.6) is 0 Å². The summed E-state index contributed by atoms with van der Waals surface area (Å²) in [5, 5.41) is 0.715. The normalized spacial score (nSPS) is 15.0. The summed E-state index contributed by atoms with van der Waals surface area (Å²) in [6, 6.07) is 9.87. The minimum atomic E-state index is -0.470. The number of carbonyl (C=O) groups is 1. The van der Waals surface area contributed by atoms with Crippen molar-refractivity contribution in [1.29, 1.82) is 0 Å². The molecule has 0 bridgehead atoms. The van der Waals surface area contributed by atoms with Crippen LogP contribution in [-0.4, -0.2) is 55.2 Å². The predicted molar refractivity (Wildman–Crippen MR) is 115 cm³/mol. The molecule has 0 aliphatic carbocycles. The lowest BCUT2D eigenvalue weighted by atomic mass is 10.2. The fourth-order valence-corrected chi connectivity index (χ4v) is 4.63. The number of halogens is 2. The lowest BCUT2D eigenvalue weighted by Gasteiger charge is -2.29. The van der Waals surface area contributed by atoms with E-state index in [1.165, 1.54) is 23.5 Å². The Morgan fingerprint density at radius 2 is 2.07 bits per heavy atom. The minimum absolute atomic E-state index is 0.100. The topological polar surface area (TPSA) is 45.7 Å². The predicted octanol–water partition coefficient (Wildman–Crippen LogP) is 4.38. The average molecular weight is 434 g/mol. The molecular formula is C21H21ClFN3O2S. The van der Waals surface area contributed by atoms with Gasteiger partial charge in [-0.1, -0.05) is 29.0 Å². The van der Waals surface area contributed by atoms with Crippen LogP contribution in [0.3, 0.4) is 0 Å². The monoisotopic (exact) mass is 433 g/mol. The van der Waals surface area contributed by atoms with E-state index < -0.39 is 5.82 Å². The first-order valence-electron chi connectivity index (χ1n) is 9.45. The number of nitrogens with zero attached hydrogens (tertiary/aromatic N) is 3. The van der Waals surface area contributed by atoms with Gasteiger partial charge >= 0.3 is 0 Å². The van der Waals surface area contributed by atoms with E-state index in [2.05, 4.69) is 16.0 Å². The molecular weight excluding hydrogens is 413 g/mol. The number of amides is 1. The molecule has 2 heterocycles. The van der Waals surface area contributed by atoms with Crippen molar-refractivity contribution in [1.82, 2.24) is 9.88 Å². The van der Waals surface area contributed by atoms with E-state index in [0.29, 0.717) is 31.4 Å². The molecule has 152 valence electrons. The third-order valence-corrected chi connectivity index (χ3v) is 6.27. The fourth-order valence-electron chi connectivity index (χ4n) is 3.29. The summed E-state index contributed by atoms with van der Waals surface area (Å²) >= 11 is 7.64. The Labute approximate surface area is 177 Å². The summed E-state index contributed by atoms with van der Waals surface area (Å²) in [5.41, 5.74) is 2.26. The molecule has 0 saturated carbocycles. The minimum Gasteiger partial charge on any atom is -0.379 e. The molecule has 1 aliphatic heterocycles. The number of rotatable bonds is 5. The van der Waals surface area contributed by atoms with Crippen molar-refractivity contribution in [3.8, 4) is 0 Å². The van der Waals surface area contributed by atoms with Gasteiger partial charge in [0, 0.05) is 26.2 Å². The average Bonchev–Trinajstić information content (AvgIpc) is 3.11. The van der Waals surface area contributed by atoms with Crippen LogP contribution in [0.15, 0.2) is 36.4 Å². The molecule has 0 N–H and O–H groups in total. The molecule has 0 unspecified atom stereocenters. The standard InChI is InChI=1S/C21H21ClFN3O2S/c1-14-2-5-18-19(12-14)29-21(24-18)26(7-6-25-8-10-28-11-9-25)20(27)16-4-3-15(23)13-17(16)22/h2-5,12-13H,6-11H2,1H3. The highest BCUT2D eigenvalue weighted by molar-refractivity contribution is 7.22. The lowest BCUT2D eigenvalue weighted by molar-refractivity contribution is 0.0391. The smallest absolute Gasteiger partial charge is 0.261 e. The second-order valence-electron chi connectivity index (χ2n) is 7.00. The number of fused-ring (bicyclic) bond motifs is 1. The molecule has 4 rings (SSSR count). The molecule has 1 amide bonds. The molecule has 1 aromatic heterocycles. The molecule has 1 aliphatic rings. The SMILES string of the molecule is Cc1ccc2nc(N(CCN3CCOCC3)C(=O)c3ccc(F)cc3Cl)sc2c1. The van der Waals surface area contributed by atoms with Gasteiger partial charge in [0.1, 0.15) is 5.82 Å². The van der Waals surface area contributed by atoms with Crippen LogP contribution in [0.25, 0.3) is 10.2 Å². The van der Waals surface area contributed by atoms with Gasteiger partial charge in [-0.2, -0.15) is 0 Å². The molecule has 8 heteroatoms. The molecule has 0 atom stereocenters. The van der Waals surface area contributed by atoms with Crippen molar-refractivity contribution in [2.24, 2.45) is 0 Å². The summed E-state index contributed by atoms with van der Waals surface area (Å²) < 4.78 is 19.9. The molecule has 0 radical (unpaired) electrons. The summed E-state index contributed by atoms with van der Waals surface area (Å²) in [6.07, 6.45) is 0. The van der Waals surface area contributed by atoms with Gasteiger partial charge < -0.3 is 4.74 Å². The summed E-state index contributed by atoms with van der Waals surface area (Å²) in [6.45, 7) is 6.24. The van der Waals surface area contributed by atoms with Crippen LogP contribution in [0.1, 0.15) is 15.9 Å².